The van der Waals surface area contributed by atoms with Gasteiger partial charge in [-0.2, -0.15) is 4.37 Å². The number of piperazine rings is 1. The second-order valence-corrected chi connectivity index (χ2v) is 7.64. The molecule has 2 heterocycles. The summed E-state index contributed by atoms with van der Waals surface area (Å²) in [5.41, 5.74) is 1.12. The van der Waals surface area contributed by atoms with Gasteiger partial charge >= 0.3 is 0 Å². The number of hydrogen-bond acceptors (Lipinski definition) is 6. The second kappa shape index (κ2) is 12.5. The first kappa shape index (κ1) is 24.1. The van der Waals surface area contributed by atoms with Crippen molar-refractivity contribution in [2.45, 2.75) is 20.0 Å². The first-order valence-electron chi connectivity index (χ1n) is 9.55. The number of halogens is 2. The zero-order valence-corrected chi connectivity index (χ0v) is 20.7. The Morgan fingerprint density at radius 1 is 1.24 bits per heavy atom. The Hall–Kier alpha value is -1.17. The lowest BCUT2D eigenvalue weighted by atomic mass is 10.2. The van der Waals surface area contributed by atoms with Crippen LogP contribution in [0.4, 0.5) is 5.13 Å². The molecule has 0 saturated carbocycles. The van der Waals surface area contributed by atoms with Gasteiger partial charge in [-0.15, -0.1) is 24.0 Å². The number of benzene rings is 1. The number of guanidine groups is 1. The van der Waals surface area contributed by atoms with E-state index in [1.54, 1.807) is 0 Å². The highest BCUT2D eigenvalue weighted by Gasteiger charge is 2.21. The van der Waals surface area contributed by atoms with Crippen LogP contribution < -0.4 is 10.2 Å². The number of aliphatic imine (C=N–C) groups is 1. The number of aromatic nitrogens is 2. The molecule has 0 radical (unpaired) electrons. The first-order chi connectivity index (χ1) is 13.7. The quantitative estimate of drug-likeness (QED) is 0.247. The Labute approximate surface area is 198 Å². The molecule has 1 saturated heterocycles. The summed E-state index contributed by atoms with van der Waals surface area (Å²) in [6, 6.07) is 7.72. The topological polar surface area (TPSA) is 65.9 Å². The Bertz CT molecular complexity index is 764. The van der Waals surface area contributed by atoms with E-state index in [4.69, 9.17) is 16.3 Å². The van der Waals surface area contributed by atoms with Crippen LogP contribution in [0.2, 0.25) is 5.02 Å². The Morgan fingerprint density at radius 2 is 1.97 bits per heavy atom. The van der Waals surface area contributed by atoms with Gasteiger partial charge in [-0.25, -0.2) is 4.98 Å². The third-order valence-electron chi connectivity index (χ3n) is 4.55. The van der Waals surface area contributed by atoms with Gasteiger partial charge in [0.15, 0.2) is 5.96 Å². The molecular weight excluding hydrogens is 523 g/mol. The molecule has 1 fully saturated rings. The highest BCUT2D eigenvalue weighted by Crippen LogP contribution is 2.19. The molecule has 1 aromatic heterocycles. The highest BCUT2D eigenvalue weighted by molar-refractivity contribution is 14.0. The van der Waals surface area contributed by atoms with Crippen LogP contribution in [0.1, 0.15) is 18.3 Å². The lowest BCUT2D eigenvalue weighted by Crippen LogP contribution is -2.53. The van der Waals surface area contributed by atoms with Crippen molar-refractivity contribution in [3.05, 3.63) is 40.7 Å². The number of ether oxygens (including phenoxy) is 1. The molecule has 1 aliphatic heterocycles. The number of rotatable bonds is 7. The smallest absolute Gasteiger partial charge is 0.205 e. The maximum atomic E-state index is 5.89. The van der Waals surface area contributed by atoms with Crippen LogP contribution in [0.3, 0.4) is 0 Å². The van der Waals surface area contributed by atoms with E-state index in [-0.39, 0.29) is 24.0 Å². The molecule has 2 aromatic rings. The van der Waals surface area contributed by atoms with Gasteiger partial charge in [-0.05, 0) is 17.7 Å². The van der Waals surface area contributed by atoms with Crippen molar-refractivity contribution in [2.24, 2.45) is 4.99 Å². The summed E-state index contributed by atoms with van der Waals surface area (Å²) in [7, 11) is 1.82. The van der Waals surface area contributed by atoms with E-state index in [0.717, 1.165) is 66.6 Å². The van der Waals surface area contributed by atoms with E-state index in [0.29, 0.717) is 13.2 Å². The normalized spacial score (nSPS) is 14.7. The van der Waals surface area contributed by atoms with E-state index < -0.39 is 0 Å². The maximum Gasteiger partial charge on any atom is 0.205 e. The van der Waals surface area contributed by atoms with Crippen LogP contribution in [0.25, 0.3) is 0 Å². The molecule has 1 aromatic carbocycles. The van der Waals surface area contributed by atoms with Crippen LogP contribution in [0, 0.1) is 0 Å². The summed E-state index contributed by atoms with van der Waals surface area (Å²) in [4.78, 5) is 13.6. The molecule has 1 N–H and O–H groups in total. The summed E-state index contributed by atoms with van der Waals surface area (Å²) >= 11 is 7.38. The summed E-state index contributed by atoms with van der Waals surface area (Å²) < 4.78 is 10.1. The number of nitrogens with one attached hydrogen (secondary N) is 1. The Kier molecular flexibility index (Phi) is 10.4. The minimum absolute atomic E-state index is 0. The van der Waals surface area contributed by atoms with Gasteiger partial charge in [0.1, 0.15) is 5.82 Å². The van der Waals surface area contributed by atoms with Gasteiger partial charge in [-0.3, -0.25) is 4.99 Å². The van der Waals surface area contributed by atoms with Crippen LogP contribution in [-0.4, -0.2) is 66.6 Å². The van der Waals surface area contributed by atoms with Crippen molar-refractivity contribution in [1.29, 1.82) is 0 Å². The predicted octanol–water partition coefficient (Wildman–Crippen LogP) is 3.29. The summed E-state index contributed by atoms with van der Waals surface area (Å²) in [5.74, 6) is 1.85. The monoisotopic (exact) mass is 550 g/mol. The van der Waals surface area contributed by atoms with E-state index >= 15 is 0 Å². The molecule has 0 amide bonds. The standard InChI is InChI=1S/C19H27ClN6OS.HI/c1-3-17-23-19(28-24-17)26-11-9-25(10-12-26)18(21-2)22-8-13-27-14-15-4-6-16(20)7-5-15;/h4-7H,3,8-14H2,1-2H3,(H,21,22);1H. The van der Waals surface area contributed by atoms with Gasteiger partial charge < -0.3 is 19.9 Å². The van der Waals surface area contributed by atoms with Gasteiger partial charge in [0.05, 0.1) is 13.2 Å². The van der Waals surface area contributed by atoms with Crippen LogP contribution >= 0.6 is 47.1 Å². The van der Waals surface area contributed by atoms with Crippen molar-refractivity contribution in [3.63, 3.8) is 0 Å². The Balaban J connectivity index is 0.00000300. The molecule has 3 rings (SSSR count). The minimum atomic E-state index is 0. The summed E-state index contributed by atoms with van der Waals surface area (Å²) in [5, 5.41) is 5.15. The van der Waals surface area contributed by atoms with E-state index in [1.165, 1.54) is 11.5 Å². The van der Waals surface area contributed by atoms with Crippen molar-refractivity contribution in [3.8, 4) is 0 Å². The van der Waals surface area contributed by atoms with Crippen LogP contribution in [0.15, 0.2) is 29.3 Å². The number of hydrogen-bond donors (Lipinski definition) is 1. The molecule has 29 heavy (non-hydrogen) atoms. The average molecular weight is 551 g/mol. The van der Waals surface area contributed by atoms with Crippen LogP contribution in [0.5, 0.6) is 0 Å². The molecule has 0 unspecified atom stereocenters. The fourth-order valence-electron chi connectivity index (χ4n) is 2.96. The molecule has 7 nitrogen and oxygen atoms in total. The molecule has 1 aliphatic rings. The van der Waals surface area contributed by atoms with E-state index in [9.17, 15) is 0 Å². The summed E-state index contributed by atoms with van der Waals surface area (Å²) in [6.07, 6.45) is 0.882. The van der Waals surface area contributed by atoms with Crippen LogP contribution in [-0.2, 0) is 17.8 Å². The van der Waals surface area contributed by atoms with Gasteiger partial charge in [-0.1, -0.05) is 30.7 Å². The number of nitrogens with zero attached hydrogens (tertiary/aromatic N) is 5. The zero-order chi connectivity index (χ0) is 19.8. The average Bonchev–Trinajstić information content (AvgIpc) is 3.22. The van der Waals surface area contributed by atoms with Crippen molar-refractivity contribution in [1.82, 2.24) is 19.6 Å². The predicted molar refractivity (Wildman–Crippen MR) is 131 cm³/mol. The van der Waals surface area contributed by atoms with Gasteiger partial charge in [0.2, 0.25) is 5.13 Å². The molecular formula is C19H28ClIN6OS. The van der Waals surface area contributed by atoms with Crippen molar-refractivity contribution in [2.75, 3.05) is 51.3 Å². The number of aryl methyl sites for hydroxylation is 1. The molecule has 0 bridgehead atoms. The van der Waals surface area contributed by atoms with Gasteiger partial charge in [0.25, 0.3) is 0 Å². The van der Waals surface area contributed by atoms with Gasteiger partial charge in [0, 0.05) is 62.7 Å². The lowest BCUT2D eigenvalue weighted by molar-refractivity contribution is 0.125. The maximum absolute atomic E-state index is 5.89. The molecule has 0 aliphatic carbocycles. The molecule has 0 spiro atoms. The van der Waals surface area contributed by atoms with Crippen molar-refractivity contribution >= 4 is 58.2 Å². The largest absolute Gasteiger partial charge is 0.375 e. The third kappa shape index (κ3) is 7.23. The summed E-state index contributed by atoms with van der Waals surface area (Å²) in [6.45, 7) is 7.66. The fraction of sp³-hybridized carbons (Fsp3) is 0.526. The fourth-order valence-corrected chi connectivity index (χ4v) is 3.89. The van der Waals surface area contributed by atoms with E-state index in [2.05, 4.69) is 36.4 Å². The Morgan fingerprint density at radius 3 is 2.59 bits per heavy atom. The minimum Gasteiger partial charge on any atom is -0.375 e. The third-order valence-corrected chi connectivity index (χ3v) is 5.61. The number of anilines is 1. The first-order valence-corrected chi connectivity index (χ1v) is 10.7. The zero-order valence-electron chi connectivity index (χ0n) is 16.8. The molecule has 160 valence electrons. The molecule has 0 atom stereocenters. The lowest BCUT2D eigenvalue weighted by Gasteiger charge is -2.36. The van der Waals surface area contributed by atoms with Crippen molar-refractivity contribution < 1.29 is 4.74 Å². The molecule has 10 heteroatoms. The van der Waals surface area contributed by atoms with E-state index in [1.807, 2.05) is 31.3 Å². The highest BCUT2D eigenvalue weighted by atomic mass is 127. The SMILES string of the molecule is CCc1nsc(N2CCN(C(=NC)NCCOCc3ccc(Cl)cc3)CC2)n1.I. The second-order valence-electron chi connectivity index (χ2n) is 6.47.